The van der Waals surface area contributed by atoms with Gasteiger partial charge in [-0.3, -0.25) is 9.89 Å². The van der Waals surface area contributed by atoms with Crippen LogP contribution in [-0.4, -0.2) is 35.4 Å². The first-order valence-electron chi connectivity index (χ1n) is 7.91. The monoisotopic (exact) mass is 353 g/mol. The molecule has 3 aromatic rings. The number of nitrogens with one attached hydrogen (secondary N) is 2. The van der Waals surface area contributed by atoms with Crippen LogP contribution < -0.4 is 14.8 Å². The second-order valence-electron chi connectivity index (χ2n) is 5.66. The zero-order chi connectivity index (χ0) is 18.7. The number of phenolic OH excluding ortho intramolecular Hbond substituents is 1. The molecular weight excluding hydrogens is 334 g/mol. The summed E-state index contributed by atoms with van der Waals surface area (Å²) in [7, 11) is 3.06. The molecule has 0 fully saturated rings. The Morgan fingerprint density at radius 3 is 2.69 bits per heavy atom. The number of benzene rings is 2. The number of hydrogen-bond acceptors (Lipinski definition) is 5. The lowest BCUT2D eigenvalue weighted by molar-refractivity contribution is 0.102. The zero-order valence-corrected chi connectivity index (χ0v) is 14.7. The number of carbonyl (C=O) groups excluding carboxylic acids is 1. The first-order chi connectivity index (χ1) is 12.5. The highest BCUT2D eigenvalue weighted by Crippen LogP contribution is 2.32. The van der Waals surface area contributed by atoms with E-state index < -0.39 is 0 Å². The molecule has 0 aliphatic carbocycles. The van der Waals surface area contributed by atoms with Gasteiger partial charge in [0.15, 0.2) is 0 Å². The fourth-order valence-corrected chi connectivity index (χ4v) is 2.54. The van der Waals surface area contributed by atoms with E-state index in [0.29, 0.717) is 28.4 Å². The van der Waals surface area contributed by atoms with E-state index in [0.717, 1.165) is 5.56 Å². The molecule has 3 rings (SSSR count). The number of aromatic hydroxyl groups is 1. The first kappa shape index (κ1) is 17.3. The Labute approximate surface area is 150 Å². The lowest BCUT2D eigenvalue weighted by atomic mass is 10.1. The van der Waals surface area contributed by atoms with Crippen molar-refractivity contribution in [1.82, 2.24) is 10.2 Å². The highest BCUT2D eigenvalue weighted by Gasteiger charge is 2.16. The predicted molar refractivity (Wildman–Crippen MR) is 97.9 cm³/mol. The highest BCUT2D eigenvalue weighted by molar-refractivity contribution is 6.04. The number of phenols is 1. The third-order valence-electron chi connectivity index (χ3n) is 3.99. The maximum absolute atomic E-state index is 12.5. The Morgan fingerprint density at radius 2 is 1.96 bits per heavy atom. The summed E-state index contributed by atoms with van der Waals surface area (Å²) in [5.41, 5.74) is 2.50. The third-order valence-corrected chi connectivity index (χ3v) is 3.99. The average molecular weight is 353 g/mol. The number of methoxy groups -OCH3 is 2. The summed E-state index contributed by atoms with van der Waals surface area (Å²) in [5.74, 6) is 0.856. The number of aromatic nitrogens is 2. The van der Waals surface area contributed by atoms with E-state index in [-0.39, 0.29) is 17.4 Å². The summed E-state index contributed by atoms with van der Waals surface area (Å²) in [6.07, 6.45) is 0. The van der Waals surface area contributed by atoms with Gasteiger partial charge >= 0.3 is 0 Å². The summed E-state index contributed by atoms with van der Waals surface area (Å²) in [4.78, 5) is 12.5. The minimum absolute atomic E-state index is 0.139. The van der Waals surface area contributed by atoms with Crippen LogP contribution in [0, 0.1) is 6.92 Å². The molecule has 1 amide bonds. The van der Waals surface area contributed by atoms with Crippen LogP contribution in [0.15, 0.2) is 42.5 Å². The van der Waals surface area contributed by atoms with E-state index >= 15 is 0 Å². The minimum Gasteiger partial charge on any atom is -0.507 e. The molecule has 0 bridgehead atoms. The van der Waals surface area contributed by atoms with Gasteiger partial charge in [0.05, 0.1) is 25.6 Å². The minimum atomic E-state index is -0.387. The molecule has 0 aliphatic heterocycles. The molecular formula is C19H19N3O4. The van der Waals surface area contributed by atoms with Gasteiger partial charge < -0.3 is 19.9 Å². The van der Waals surface area contributed by atoms with Crippen LogP contribution in [-0.2, 0) is 0 Å². The maximum atomic E-state index is 12.5. The van der Waals surface area contributed by atoms with E-state index in [2.05, 4.69) is 15.5 Å². The van der Waals surface area contributed by atoms with Gasteiger partial charge in [0.1, 0.15) is 22.9 Å². The van der Waals surface area contributed by atoms with Gasteiger partial charge in [-0.05, 0) is 36.8 Å². The molecule has 134 valence electrons. The van der Waals surface area contributed by atoms with Crippen molar-refractivity contribution < 1.29 is 19.4 Å². The number of ether oxygens (including phenoxy) is 2. The van der Waals surface area contributed by atoms with E-state index in [4.69, 9.17) is 9.47 Å². The van der Waals surface area contributed by atoms with Crippen LogP contribution in [0.4, 0.5) is 5.69 Å². The SMILES string of the molecule is COc1ccc(OC)c(NC(=O)c2cc(-c3cccc(C)c3O)n[nH]2)c1. The number of para-hydroxylation sites is 1. The Morgan fingerprint density at radius 1 is 1.15 bits per heavy atom. The number of hydrogen-bond donors (Lipinski definition) is 3. The largest absolute Gasteiger partial charge is 0.507 e. The normalized spacial score (nSPS) is 10.4. The van der Waals surface area contributed by atoms with Crippen molar-refractivity contribution in [2.45, 2.75) is 6.92 Å². The summed E-state index contributed by atoms with van der Waals surface area (Å²) in [5, 5.41) is 19.8. The number of nitrogens with zero attached hydrogens (tertiary/aromatic N) is 1. The van der Waals surface area contributed by atoms with E-state index in [9.17, 15) is 9.90 Å². The molecule has 0 spiro atoms. The van der Waals surface area contributed by atoms with Gasteiger partial charge in [-0.25, -0.2) is 0 Å². The highest BCUT2D eigenvalue weighted by atomic mass is 16.5. The number of amides is 1. The van der Waals surface area contributed by atoms with Gasteiger partial charge in [0.25, 0.3) is 5.91 Å². The van der Waals surface area contributed by atoms with Gasteiger partial charge in [0, 0.05) is 11.6 Å². The molecule has 2 aromatic carbocycles. The molecule has 26 heavy (non-hydrogen) atoms. The second kappa shape index (κ2) is 7.18. The Kier molecular flexibility index (Phi) is 4.79. The van der Waals surface area contributed by atoms with E-state index in [1.165, 1.54) is 7.11 Å². The van der Waals surface area contributed by atoms with Gasteiger partial charge in [-0.15, -0.1) is 0 Å². The van der Waals surface area contributed by atoms with Gasteiger partial charge in [-0.1, -0.05) is 12.1 Å². The number of aryl methyl sites for hydroxylation is 1. The average Bonchev–Trinajstić information content (AvgIpc) is 3.14. The van der Waals surface area contributed by atoms with Crippen molar-refractivity contribution in [3.8, 4) is 28.5 Å². The molecule has 0 radical (unpaired) electrons. The van der Waals surface area contributed by atoms with E-state index in [1.807, 2.05) is 6.07 Å². The summed E-state index contributed by atoms with van der Waals surface area (Å²) >= 11 is 0. The molecule has 0 unspecified atom stereocenters. The van der Waals surface area contributed by atoms with Crippen molar-refractivity contribution in [1.29, 1.82) is 0 Å². The van der Waals surface area contributed by atoms with Gasteiger partial charge in [0.2, 0.25) is 0 Å². The Hall–Kier alpha value is -3.48. The van der Waals surface area contributed by atoms with Crippen molar-refractivity contribution >= 4 is 11.6 Å². The lowest BCUT2D eigenvalue weighted by Gasteiger charge is -2.11. The fourth-order valence-electron chi connectivity index (χ4n) is 2.54. The molecule has 1 aromatic heterocycles. The Balaban J connectivity index is 1.86. The number of carbonyl (C=O) groups is 1. The second-order valence-corrected chi connectivity index (χ2v) is 5.66. The van der Waals surface area contributed by atoms with Crippen LogP contribution in [0.25, 0.3) is 11.3 Å². The van der Waals surface area contributed by atoms with Crippen LogP contribution >= 0.6 is 0 Å². The van der Waals surface area contributed by atoms with Crippen LogP contribution in [0.5, 0.6) is 17.2 Å². The van der Waals surface area contributed by atoms with Crippen molar-refractivity contribution in [2.75, 3.05) is 19.5 Å². The van der Waals surface area contributed by atoms with Crippen LogP contribution in [0.2, 0.25) is 0 Å². The summed E-state index contributed by atoms with van der Waals surface area (Å²) in [6.45, 7) is 1.80. The number of H-pyrrole nitrogens is 1. The molecule has 3 N–H and O–H groups in total. The van der Waals surface area contributed by atoms with Crippen molar-refractivity contribution in [2.24, 2.45) is 0 Å². The maximum Gasteiger partial charge on any atom is 0.273 e. The molecule has 0 aliphatic rings. The standard InChI is InChI=1S/C19H19N3O4/c1-11-5-4-6-13(18(11)23)14-10-16(22-21-14)19(24)20-15-9-12(25-2)7-8-17(15)26-3/h4-10,23H,1-3H3,(H,20,24)(H,21,22). The molecule has 0 saturated carbocycles. The number of aromatic amines is 1. The topological polar surface area (TPSA) is 96.5 Å². The summed E-state index contributed by atoms with van der Waals surface area (Å²) < 4.78 is 10.4. The molecule has 1 heterocycles. The predicted octanol–water partition coefficient (Wildman–Crippen LogP) is 3.36. The van der Waals surface area contributed by atoms with Gasteiger partial charge in [-0.2, -0.15) is 5.10 Å². The quantitative estimate of drug-likeness (QED) is 0.653. The summed E-state index contributed by atoms with van der Waals surface area (Å²) in [6, 6.07) is 12.1. The van der Waals surface area contributed by atoms with Crippen molar-refractivity contribution in [3.05, 3.63) is 53.7 Å². The smallest absolute Gasteiger partial charge is 0.273 e. The first-order valence-corrected chi connectivity index (χ1v) is 7.91. The number of rotatable bonds is 5. The molecule has 0 atom stereocenters. The molecule has 0 saturated heterocycles. The van der Waals surface area contributed by atoms with Crippen LogP contribution in [0.1, 0.15) is 16.1 Å². The Bertz CT molecular complexity index is 950. The van der Waals surface area contributed by atoms with Crippen LogP contribution in [0.3, 0.4) is 0 Å². The van der Waals surface area contributed by atoms with E-state index in [1.54, 1.807) is 50.4 Å². The zero-order valence-electron chi connectivity index (χ0n) is 14.7. The number of anilines is 1. The molecule has 7 nitrogen and oxygen atoms in total. The lowest BCUT2D eigenvalue weighted by Crippen LogP contribution is -2.13. The third kappa shape index (κ3) is 3.32. The fraction of sp³-hybridized carbons (Fsp3) is 0.158. The molecule has 7 heteroatoms. The van der Waals surface area contributed by atoms with Crippen molar-refractivity contribution in [3.63, 3.8) is 0 Å².